The Hall–Kier alpha value is -8.70. The Labute approximate surface area is 424 Å². The van der Waals surface area contributed by atoms with E-state index in [0.29, 0.717) is 62.4 Å². The van der Waals surface area contributed by atoms with Crippen LogP contribution in [0, 0.1) is 13.8 Å². The zero-order valence-corrected chi connectivity index (χ0v) is 42.3. The summed E-state index contributed by atoms with van der Waals surface area (Å²) in [5.41, 5.74) is 7.57. The molecular formula is C52H46N12O8S2. The van der Waals surface area contributed by atoms with Gasteiger partial charge in [0, 0.05) is 61.2 Å². The molecule has 0 aliphatic rings. The molecule has 0 spiro atoms. The van der Waals surface area contributed by atoms with Crippen molar-refractivity contribution in [3.8, 4) is 114 Å². The van der Waals surface area contributed by atoms with Crippen LogP contribution in [-0.4, -0.2) is 105 Å². The zero-order valence-electron chi connectivity index (χ0n) is 40.6. The van der Waals surface area contributed by atoms with E-state index in [4.69, 9.17) is 32.8 Å². The number of hydrogen-bond donors (Lipinski definition) is 4. The Balaban J connectivity index is 0.922. The summed E-state index contributed by atoms with van der Waals surface area (Å²) in [5.74, 6) is 4.25. The fourth-order valence-corrected chi connectivity index (χ4v) is 10.8. The number of rotatable bonds is 17. The monoisotopic (exact) mass is 1030 g/mol. The van der Waals surface area contributed by atoms with Crippen molar-refractivity contribution < 1.29 is 34.7 Å². The first-order chi connectivity index (χ1) is 35.8. The van der Waals surface area contributed by atoms with Crippen LogP contribution in [0.3, 0.4) is 0 Å². The summed E-state index contributed by atoms with van der Waals surface area (Å²) >= 11 is 0. The lowest BCUT2D eigenvalue weighted by atomic mass is 9.97. The molecule has 6 aromatic carbocycles. The Kier molecular flexibility index (Phi) is 13.3. The van der Waals surface area contributed by atoms with E-state index in [-0.39, 0.29) is 51.9 Å². The number of aromatic amines is 4. The number of benzene rings is 6. The number of H-pyrrole nitrogens is 4. The maximum atomic E-state index is 13.9. The average molecular weight is 1030 g/mol. The first-order valence-electron chi connectivity index (χ1n) is 23.1. The van der Waals surface area contributed by atoms with E-state index < -0.39 is 20.2 Å². The third kappa shape index (κ3) is 9.33. The van der Waals surface area contributed by atoms with Crippen molar-refractivity contribution in [1.29, 1.82) is 0 Å². The molecule has 0 bridgehead atoms. The van der Waals surface area contributed by atoms with Gasteiger partial charge in [-0.3, -0.25) is 28.8 Å². The van der Waals surface area contributed by atoms with E-state index in [9.17, 15) is 16.8 Å². The van der Waals surface area contributed by atoms with Gasteiger partial charge in [0.1, 0.15) is 21.3 Å². The quantitative estimate of drug-likeness (QED) is 0.0619. The molecule has 0 unspecified atom stereocenters. The molecule has 0 aliphatic carbocycles. The highest BCUT2D eigenvalue weighted by Crippen LogP contribution is 2.41. The van der Waals surface area contributed by atoms with Crippen molar-refractivity contribution in [3.05, 3.63) is 132 Å². The average Bonchev–Trinajstić information content (AvgIpc) is 4.28. The van der Waals surface area contributed by atoms with Gasteiger partial charge in [-0.05, 0) is 81.8 Å². The molecule has 0 aliphatic heterocycles. The van der Waals surface area contributed by atoms with Gasteiger partial charge in [0.2, 0.25) is 0 Å². The van der Waals surface area contributed by atoms with Crippen molar-refractivity contribution in [1.82, 2.24) is 60.7 Å². The predicted molar refractivity (Wildman–Crippen MR) is 275 cm³/mol. The first kappa shape index (κ1) is 48.9. The van der Waals surface area contributed by atoms with Gasteiger partial charge in [0.25, 0.3) is 20.2 Å². The number of hydrogen-bond acceptors (Lipinski definition) is 16. The van der Waals surface area contributed by atoms with Crippen LogP contribution in [0.2, 0.25) is 0 Å². The van der Waals surface area contributed by atoms with Crippen molar-refractivity contribution in [2.45, 2.75) is 37.5 Å². The molecule has 74 heavy (non-hydrogen) atoms. The molecule has 0 saturated carbocycles. The van der Waals surface area contributed by atoms with Crippen LogP contribution < -0.4 is 9.47 Å². The molecule has 4 heterocycles. The fraction of sp³-hybridized carbons (Fsp3) is 0.154. The van der Waals surface area contributed by atoms with Gasteiger partial charge in [-0.2, -0.15) is 37.2 Å². The van der Waals surface area contributed by atoms with Gasteiger partial charge >= 0.3 is 0 Å². The third-order valence-corrected chi connectivity index (χ3v) is 15.0. The SMILES string of the molecule is CCOS(=O)(=O)c1ccccc1-c1nc(-c2cccc(-c3n[nH]c(-c4ccc(-c5ccc(-c6nc(-c7cccc(-c8n[nH]c(-c9cccc(OC)c9C)n8)c7)n[nH]6)c(C)c5OC)cc4S(=O)(=O)OCC)n3)c2)n[nH]1. The molecule has 374 valence electrons. The van der Waals surface area contributed by atoms with Crippen molar-refractivity contribution in [2.75, 3.05) is 27.4 Å². The highest BCUT2D eigenvalue weighted by atomic mass is 32.2. The van der Waals surface area contributed by atoms with Crippen LogP contribution in [-0.2, 0) is 28.6 Å². The number of nitrogens with zero attached hydrogens (tertiary/aromatic N) is 8. The minimum atomic E-state index is -4.33. The Morgan fingerprint density at radius 2 is 0.838 bits per heavy atom. The summed E-state index contributed by atoms with van der Waals surface area (Å²) in [5, 5.41) is 29.7. The Bertz CT molecular complexity index is 3960. The topological polar surface area (TPSA) is 271 Å². The molecule has 0 saturated heterocycles. The largest absolute Gasteiger partial charge is 0.496 e. The molecule has 4 aromatic heterocycles. The van der Waals surface area contributed by atoms with E-state index in [1.807, 2.05) is 68.4 Å². The molecule has 10 rings (SSSR count). The Morgan fingerprint density at radius 1 is 0.419 bits per heavy atom. The van der Waals surface area contributed by atoms with Crippen LogP contribution in [0.15, 0.2) is 131 Å². The summed E-state index contributed by atoms with van der Waals surface area (Å²) in [4.78, 5) is 18.8. The fourth-order valence-electron chi connectivity index (χ4n) is 8.58. The van der Waals surface area contributed by atoms with Crippen molar-refractivity contribution in [2.24, 2.45) is 0 Å². The number of ether oxygens (including phenoxy) is 2. The number of aromatic nitrogens is 12. The lowest BCUT2D eigenvalue weighted by Gasteiger charge is -2.16. The van der Waals surface area contributed by atoms with Gasteiger partial charge in [-0.25, -0.2) is 19.9 Å². The third-order valence-electron chi connectivity index (χ3n) is 12.1. The van der Waals surface area contributed by atoms with Gasteiger partial charge in [0.15, 0.2) is 46.6 Å². The molecule has 0 amide bonds. The highest BCUT2D eigenvalue weighted by molar-refractivity contribution is 7.87. The first-order valence-corrected chi connectivity index (χ1v) is 25.9. The summed E-state index contributed by atoms with van der Waals surface area (Å²) in [7, 11) is -5.19. The zero-order chi connectivity index (χ0) is 51.7. The second-order valence-electron chi connectivity index (χ2n) is 16.6. The molecule has 0 radical (unpaired) electrons. The molecule has 0 atom stereocenters. The van der Waals surface area contributed by atoms with Gasteiger partial charge in [-0.1, -0.05) is 72.8 Å². The minimum Gasteiger partial charge on any atom is -0.496 e. The van der Waals surface area contributed by atoms with Gasteiger partial charge in [-0.15, -0.1) is 0 Å². The molecule has 4 N–H and O–H groups in total. The second-order valence-corrected chi connectivity index (χ2v) is 19.7. The van der Waals surface area contributed by atoms with Crippen LogP contribution in [0.5, 0.6) is 11.5 Å². The highest BCUT2D eigenvalue weighted by Gasteiger charge is 2.27. The molecule has 10 aromatic rings. The van der Waals surface area contributed by atoms with Crippen LogP contribution in [0.1, 0.15) is 25.0 Å². The normalized spacial score (nSPS) is 11.8. The smallest absolute Gasteiger partial charge is 0.297 e. The maximum Gasteiger partial charge on any atom is 0.297 e. The maximum absolute atomic E-state index is 13.9. The van der Waals surface area contributed by atoms with E-state index in [1.54, 1.807) is 82.7 Å². The van der Waals surface area contributed by atoms with Crippen LogP contribution >= 0.6 is 0 Å². The van der Waals surface area contributed by atoms with Crippen LogP contribution in [0.25, 0.3) is 102 Å². The number of methoxy groups -OCH3 is 2. The van der Waals surface area contributed by atoms with E-state index in [2.05, 4.69) is 45.8 Å². The van der Waals surface area contributed by atoms with Crippen molar-refractivity contribution >= 4 is 20.2 Å². The molecule has 0 fully saturated rings. The molecule has 20 nitrogen and oxygen atoms in total. The second kappa shape index (κ2) is 20.1. The lowest BCUT2D eigenvalue weighted by Crippen LogP contribution is -2.08. The summed E-state index contributed by atoms with van der Waals surface area (Å²) in [6.45, 7) is 6.91. The summed E-state index contributed by atoms with van der Waals surface area (Å²) in [6, 6.07) is 35.5. The van der Waals surface area contributed by atoms with E-state index in [0.717, 1.165) is 33.6 Å². The van der Waals surface area contributed by atoms with Gasteiger partial charge in [0.05, 0.1) is 27.4 Å². The number of nitrogens with one attached hydrogen (secondary N) is 4. The van der Waals surface area contributed by atoms with E-state index in [1.165, 1.54) is 12.1 Å². The lowest BCUT2D eigenvalue weighted by molar-refractivity contribution is 0.337. The Morgan fingerprint density at radius 3 is 1.34 bits per heavy atom. The van der Waals surface area contributed by atoms with Crippen LogP contribution in [0.4, 0.5) is 0 Å². The predicted octanol–water partition coefficient (Wildman–Crippen LogP) is 9.25. The van der Waals surface area contributed by atoms with Gasteiger partial charge < -0.3 is 9.47 Å². The minimum absolute atomic E-state index is 0.0269. The molecular weight excluding hydrogens is 985 g/mol. The van der Waals surface area contributed by atoms with Crippen molar-refractivity contribution in [3.63, 3.8) is 0 Å². The molecule has 22 heteroatoms. The summed E-state index contributed by atoms with van der Waals surface area (Å²) < 4.78 is 75.3. The van der Waals surface area contributed by atoms with E-state index >= 15 is 0 Å². The standard InChI is InChI=1S/C52H46N12O8S2/c1-7-71-73(65,66)42-21-10-9-18-39(42)51-55-47(59-63-51)34-16-12-17-35(27-34)48-56-52(64-60-48)40-23-22-31(28-43(40)74(67,68)72-8-2)38-25-24-37(30(4)44(38)70-6)50-54-46(58-62-50)33-15-11-14-32(26-33)45-53-49(61-57-45)36-19-13-20-41(69-5)29(36)3/h9-28H,7-8H2,1-6H3,(H,53,57,61)(H,54,58,62)(H,55,59,63)(H,56,60,64). The summed E-state index contributed by atoms with van der Waals surface area (Å²) in [6.07, 6.45) is 0.